The number of hydrogen-bond acceptors (Lipinski definition) is 4. The van der Waals surface area contributed by atoms with E-state index >= 15 is 0 Å². The molecule has 0 radical (unpaired) electrons. The van der Waals surface area contributed by atoms with Gasteiger partial charge in [-0.1, -0.05) is 24.4 Å². The second kappa shape index (κ2) is 6.67. The molecule has 20 heavy (non-hydrogen) atoms. The molecule has 1 aromatic carbocycles. The Morgan fingerprint density at radius 2 is 2.20 bits per heavy atom. The normalized spacial score (nSPS) is 19.1. The lowest BCUT2D eigenvalue weighted by molar-refractivity contribution is -0.383. The Hall–Kier alpha value is -1.66. The smallest absolute Gasteiger partial charge is 0.294 e. The molecule has 0 bridgehead atoms. The molecule has 1 heterocycles. The topological polar surface area (TPSA) is 84.3 Å². The monoisotopic (exact) mass is 297 g/mol. The third kappa shape index (κ3) is 3.68. The van der Waals surface area contributed by atoms with E-state index in [4.69, 9.17) is 11.6 Å². The minimum Gasteiger partial charge on any atom is -0.319 e. The van der Waals surface area contributed by atoms with Gasteiger partial charge in [-0.2, -0.15) is 0 Å². The molecule has 1 amide bonds. The summed E-state index contributed by atoms with van der Waals surface area (Å²) < 4.78 is 0. The Morgan fingerprint density at radius 1 is 1.40 bits per heavy atom. The lowest BCUT2D eigenvalue weighted by Gasteiger charge is -2.15. The van der Waals surface area contributed by atoms with Crippen LogP contribution in [0.1, 0.15) is 25.7 Å². The predicted molar refractivity (Wildman–Crippen MR) is 77.0 cm³/mol. The number of nitrogens with one attached hydrogen (secondary N) is 2. The zero-order chi connectivity index (χ0) is 14.5. The van der Waals surface area contributed by atoms with Gasteiger partial charge in [-0.3, -0.25) is 14.9 Å². The van der Waals surface area contributed by atoms with E-state index in [-0.39, 0.29) is 28.3 Å². The van der Waals surface area contributed by atoms with Crippen molar-refractivity contribution in [2.45, 2.75) is 31.7 Å². The fourth-order valence-electron chi connectivity index (χ4n) is 2.23. The number of halogens is 1. The Kier molecular flexibility index (Phi) is 4.92. The van der Waals surface area contributed by atoms with Gasteiger partial charge < -0.3 is 10.6 Å². The zero-order valence-electron chi connectivity index (χ0n) is 10.9. The number of nitro benzene ring substituents is 1. The molecule has 1 unspecified atom stereocenters. The van der Waals surface area contributed by atoms with E-state index in [0.29, 0.717) is 0 Å². The maximum atomic E-state index is 12.2. The van der Waals surface area contributed by atoms with E-state index in [9.17, 15) is 14.9 Å². The largest absolute Gasteiger partial charge is 0.319 e. The molecule has 1 aliphatic rings. The van der Waals surface area contributed by atoms with Crippen LogP contribution in [-0.4, -0.2) is 23.4 Å². The quantitative estimate of drug-likeness (QED) is 0.663. The highest BCUT2D eigenvalue weighted by molar-refractivity contribution is 6.31. The molecule has 2 N–H and O–H groups in total. The summed E-state index contributed by atoms with van der Waals surface area (Å²) in [4.78, 5) is 22.6. The molecule has 6 nitrogen and oxygen atoms in total. The van der Waals surface area contributed by atoms with Gasteiger partial charge >= 0.3 is 0 Å². The van der Waals surface area contributed by atoms with Crippen LogP contribution in [0, 0.1) is 10.1 Å². The average molecular weight is 298 g/mol. The number of amides is 1. The standard InChI is InChI=1S/C13H16ClN3O3/c14-9-5-6-10(12(8-9)17(19)20)16-13(18)11-4-2-1-3-7-15-11/h5-6,8,11,15H,1-4,7H2,(H,16,18). The number of carbonyl (C=O) groups excluding carboxylic acids is 1. The third-order valence-electron chi connectivity index (χ3n) is 3.29. The van der Waals surface area contributed by atoms with Crippen molar-refractivity contribution in [1.82, 2.24) is 5.32 Å². The van der Waals surface area contributed by atoms with Crippen molar-refractivity contribution in [1.29, 1.82) is 0 Å². The van der Waals surface area contributed by atoms with E-state index in [2.05, 4.69) is 10.6 Å². The van der Waals surface area contributed by atoms with Crippen molar-refractivity contribution in [2.24, 2.45) is 0 Å². The molecular formula is C13H16ClN3O3. The van der Waals surface area contributed by atoms with Crippen molar-refractivity contribution in [3.63, 3.8) is 0 Å². The summed E-state index contributed by atoms with van der Waals surface area (Å²) in [6.07, 6.45) is 3.86. The molecule has 1 saturated heterocycles. The first kappa shape index (κ1) is 14.7. The van der Waals surface area contributed by atoms with Crippen molar-refractivity contribution in [2.75, 3.05) is 11.9 Å². The zero-order valence-corrected chi connectivity index (χ0v) is 11.7. The van der Waals surface area contributed by atoms with Gasteiger partial charge in [0, 0.05) is 11.1 Å². The second-order valence-corrected chi connectivity index (χ2v) is 5.20. The molecule has 0 aliphatic carbocycles. The summed E-state index contributed by atoms with van der Waals surface area (Å²) in [6.45, 7) is 0.792. The fraction of sp³-hybridized carbons (Fsp3) is 0.462. The van der Waals surface area contributed by atoms with E-state index in [1.807, 2.05) is 0 Å². The first-order valence-corrected chi connectivity index (χ1v) is 6.94. The Balaban J connectivity index is 2.12. The van der Waals surface area contributed by atoms with Gasteiger partial charge in [0.15, 0.2) is 0 Å². The van der Waals surface area contributed by atoms with Gasteiger partial charge in [-0.25, -0.2) is 0 Å². The SMILES string of the molecule is O=C(Nc1ccc(Cl)cc1[N+](=O)[O-])C1CCCCCN1. The number of benzene rings is 1. The number of anilines is 1. The molecule has 108 valence electrons. The molecule has 1 atom stereocenters. The molecule has 2 rings (SSSR count). The van der Waals surface area contributed by atoms with Crippen LogP contribution in [0.15, 0.2) is 18.2 Å². The van der Waals surface area contributed by atoms with Gasteiger partial charge in [0.1, 0.15) is 5.69 Å². The molecule has 1 fully saturated rings. The number of nitrogens with zero attached hydrogens (tertiary/aromatic N) is 1. The van der Waals surface area contributed by atoms with Gasteiger partial charge in [-0.05, 0) is 31.5 Å². The first-order chi connectivity index (χ1) is 9.58. The summed E-state index contributed by atoms with van der Waals surface area (Å²) in [5.41, 5.74) is -0.0186. The van der Waals surface area contributed by atoms with Crippen LogP contribution in [-0.2, 0) is 4.79 Å². The van der Waals surface area contributed by atoms with Crippen molar-refractivity contribution >= 4 is 28.9 Å². The van der Waals surface area contributed by atoms with Gasteiger partial charge in [0.2, 0.25) is 5.91 Å². The maximum Gasteiger partial charge on any atom is 0.294 e. The molecule has 0 saturated carbocycles. The van der Waals surface area contributed by atoms with Crippen molar-refractivity contribution < 1.29 is 9.72 Å². The Labute approximate surface area is 121 Å². The maximum absolute atomic E-state index is 12.2. The number of carbonyl (C=O) groups is 1. The van der Waals surface area contributed by atoms with Gasteiger partial charge in [0.25, 0.3) is 5.69 Å². The summed E-state index contributed by atoms with van der Waals surface area (Å²) >= 11 is 5.74. The number of rotatable bonds is 3. The molecule has 1 aliphatic heterocycles. The molecule has 0 spiro atoms. The van der Waals surface area contributed by atoms with Crippen LogP contribution >= 0.6 is 11.6 Å². The van der Waals surface area contributed by atoms with Crippen LogP contribution in [0.25, 0.3) is 0 Å². The predicted octanol–water partition coefficient (Wildman–Crippen LogP) is 2.72. The highest BCUT2D eigenvalue weighted by atomic mass is 35.5. The minimum atomic E-state index is -0.554. The third-order valence-corrected chi connectivity index (χ3v) is 3.53. The molecule has 0 aromatic heterocycles. The van der Waals surface area contributed by atoms with Crippen LogP contribution in [0.4, 0.5) is 11.4 Å². The lowest BCUT2D eigenvalue weighted by atomic mass is 10.1. The van der Waals surface area contributed by atoms with Gasteiger partial charge in [0.05, 0.1) is 11.0 Å². The van der Waals surface area contributed by atoms with Crippen LogP contribution < -0.4 is 10.6 Å². The second-order valence-electron chi connectivity index (χ2n) is 4.76. The highest BCUT2D eigenvalue weighted by Crippen LogP contribution is 2.28. The lowest BCUT2D eigenvalue weighted by Crippen LogP contribution is -2.39. The highest BCUT2D eigenvalue weighted by Gasteiger charge is 2.22. The Morgan fingerprint density at radius 3 is 2.95 bits per heavy atom. The summed E-state index contributed by atoms with van der Waals surface area (Å²) in [6, 6.07) is 3.91. The number of nitro groups is 1. The van der Waals surface area contributed by atoms with E-state index < -0.39 is 4.92 Å². The summed E-state index contributed by atoms with van der Waals surface area (Å²) in [7, 11) is 0. The summed E-state index contributed by atoms with van der Waals surface area (Å²) in [5.74, 6) is -0.239. The van der Waals surface area contributed by atoms with Crippen LogP contribution in [0.2, 0.25) is 5.02 Å². The van der Waals surface area contributed by atoms with Crippen LogP contribution in [0.3, 0.4) is 0 Å². The van der Waals surface area contributed by atoms with E-state index in [0.717, 1.165) is 32.2 Å². The average Bonchev–Trinajstić information content (AvgIpc) is 2.69. The van der Waals surface area contributed by atoms with Crippen molar-refractivity contribution in [3.05, 3.63) is 33.3 Å². The first-order valence-electron chi connectivity index (χ1n) is 6.56. The molecule has 7 heteroatoms. The molecular weight excluding hydrogens is 282 g/mol. The minimum absolute atomic E-state index is 0.176. The fourth-order valence-corrected chi connectivity index (χ4v) is 2.40. The van der Waals surface area contributed by atoms with Gasteiger partial charge in [-0.15, -0.1) is 0 Å². The molecule has 1 aromatic rings. The van der Waals surface area contributed by atoms with E-state index in [1.165, 1.54) is 18.2 Å². The summed E-state index contributed by atoms with van der Waals surface area (Å²) in [5, 5.41) is 17.0. The van der Waals surface area contributed by atoms with Crippen molar-refractivity contribution in [3.8, 4) is 0 Å². The Bertz CT molecular complexity index is 514. The number of hydrogen-bond donors (Lipinski definition) is 2. The van der Waals surface area contributed by atoms with Crippen LogP contribution in [0.5, 0.6) is 0 Å². The van der Waals surface area contributed by atoms with E-state index in [1.54, 1.807) is 0 Å².